The van der Waals surface area contributed by atoms with Gasteiger partial charge in [-0.15, -0.1) is 14.4 Å². The molecule has 0 aromatic heterocycles. The summed E-state index contributed by atoms with van der Waals surface area (Å²) in [6.45, 7) is 4.58. The number of nitrogens with two attached hydrogens (primary N) is 1. The maximum atomic E-state index is 6.17. The van der Waals surface area contributed by atoms with E-state index in [2.05, 4.69) is 30.8 Å². The maximum Gasteiger partial charge on any atom is 0.125 e. The molecule has 6 nitrogen and oxygen atoms in total. The van der Waals surface area contributed by atoms with E-state index in [0.29, 0.717) is 28.0 Å². The van der Waals surface area contributed by atoms with Gasteiger partial charge in [0.25, 0.3) is 0 Å². The Bertz CT molecular complexity index is 812. The van der Waals surface area contributed by atoms with Crippen LogP contribution in [0.2, 0.25) is 10.0 Å². The van der Waals surface area contributed by atoms with Crippen LogP contribution in [0.3, 0.4) is 0 Å². The molecule has 0 radical (unpaired) electrons. The lowest BCUT2D eigenvalue weighted by molar-refractivity contribution is -0.194. The van der Waals surface area contributed by atoms with Crippen molar-refractivity contribution in [3.05, 3.63) is 52.0 Å². The molecule has 0 atom stereocenters. The van der Waals surface area contributed by atoms with Crippen molar-refractivity contribution >= 4 is 52.3 Å². The van der Waals surface area contributed by atoms with E-state index in [9.17, 15) is 0 Å². The van der Waals surface area contributed by atoms with Crippen LogP contribution in [0.4, 0.5) is 17.1 Å². The Morgan fingerprint density at radius 3 is 2.33 bits per heavy atom. The Kier molecular flexibility index (Phi) is 10.2. The lowest BCUT2D eigenvalue weighted by Gasteiger charge is -2.14. The molecule has 144 valence electrons. The van der Waals surface area contributed by atoms with E-state index in [4.69, 9.17) is 29.1 Å². The zero-order valence-electron chi connectivity index (χ0n) is 14.1. The molecule has 0 fully saturated rings. The highest BCUT2D eigenvalue weighted by atomic mass is 35.5. The Balaban J connectivity index is 0.00000364. The molecule has 2 rings (SSSR count). The molecule has 0 spiro atoms. The second kappa shape index (κ2) is 11.8. The molecule has 0 unspecified atom stereocenters. The third-order valence-electron chi connectivity index (χ3n) is 3.20. The summed E-state index contributed by atoms with van der Waals surface area (Å²) >= 11 is 13.1. The predicted molar refractivity (Wildman–Crippen MR) is 113 cm³/mol. The first-order valence-corrected chi connectivity index (χ1v) is 8.99. The molecule has 0 amide bonds. The zero-order valence-corrected chi connectivity index (χ0v) is 16.4. The topological polar surface area (TPSA) is 72.4 Å². The number of anilines is 1. The van der Waals surface area contributed by atoms with Crippen molar-refractivity contribution in [3.8, 4) is 11.3 Å². The van der Waals surface area contributed by atoms with Crippen LogP contribution in [0.1, 0.15) is 19.9 Å². The molecule has 2 aromatic carbocycles. The van der Waals surface area contributed by atoms with Crippen LogP contribution in [0.15, 0.2) is 46.6 Å². The molecule has 27 heavy (non-hydrogen) atoms. The number of azo groups is 1. The smallest absolute Gasteiger partial charge is 0.125 e. The first-order chi connectivity index (χ1) is 12.5. The van der Waals surface area contributed by atoms with Crippen molar-refractivity contribution < 1.29 is 9.32 Å². The van der Waals surface area contributed by atoms with Crippen molar-refractivity contribution in [2.45, 2.75) is 21.3 Å². The molecule has 0 aliphatic heterocycles. The van der Waals surface area contributed by atoms with Gasteiger partial charge in [-0.3, -0.25) is 0 Å². The monoisotopic (exact) mass is 426 g/mol. The molecular formula is C18H20Cl2N4O2S. The summed E-state index contributed by atoms with van der Waals surface area (Å²) in [7, 11) is 0. The minimum atomic E-state index is 0. The molecule has 2 N–H and O–H groups in total. The highest BCUT2D eigenvalue weighted by Gasteiger charge is 2.06. The van der Waals surface area contributed by atoms with Gasteiger partial charge in [-0.05, 0) is 55.8 Å². The Hall–Kier alpha value is -1.79. The van der Waals surface area contributed by atoms with E-state index in [0.717, 1.165) is 23.3 Å². The highest BCUT2D eigenvalue weighted by Crippen LogP contribution is 2.35. The van der Waals surface area contributed by atoms with E-state index in [1.165, 1.54) is 0 Å². The number of hydrogen-bond acceptors (Lipinski definition) is 7. The van der Waals surface area contributed by atoms with E-state index >= 15 is 0 Å². The van der Waals surface area contributed by atoms with Crippen molar-refractivity contribution in [1.29, 1.82) is 0 Å². The van der Waals surface area contributed by atoms with Crippen molar-refractivity contribution in [1.82, 2.24) is 0 Å². The van der Waals surface area contributed by atoms with E-state index < -0.39 is 0 Å². The molecule has 0 saturated heterocycles. The largest absolute Gasteiger partial charge is 0.301 e. The van der Waals surface area contributed by atoms with E-state index in [1.807, 2.05) is 43.0 Å². The van der Waals surface area contributed by atoms with Gasteiger partial charge in [-0.25, -0.2) is 0 Å². The van der Waals surface area contributed by atoms with Crippen LogP contribution in [0.5, 0.6) is 0 Å². The van der Waals surface area contributed by atoms with Crippen LogP contribution in [-0.4, -0.2) is 6.54 Å². The van der Waals surface area contributed by atoms with Crippen LogP contribution < -0.4 is 10.8 Å². The fraction of sp³-hybridized carbons (Fsp3) is 0.222. The van der Waals surface area contributed by atoms with Gasteiger partial charge in [0.05, 0.1) is 15.7 Å². The maximum absolute atomic E-state index is 6.17. The Morgan fingerprint density at radius 2 is 1.78 bits per heavy atom. The van der Waals surface area contributed by atoms with E-state index in [-0.39, 0.29) is 7.43 Å². The summed E-state index contributed by atoms with van der Waals surface area (Å²) in [6.07, 6.45) is 0. The van der Waals surface area contributed by atoms with Crippen LogP contribution in [0.25, 0.3) is 0 Å². The van der Waals surface area contributed by atoms with Gasteiger partial charge in [-0.1, -0.05) is 30.6 Å². The highest BCUT2D eigenvalue weighted by molar-refractivity contribution is 7.99. The molecule has 9 heteroatoms. The van der Waals surface area contributed by atoms with Gasteiger partial charge in [0, 0.05) is 23.5 Å². The van der Waals surface area contributed by atoms with Gasteiger partial charge >= 0.3 is 0 Å². The number of benzene rings is 2. The second-order valence-electron chi connectivity index (χ2n) is 5.00. The predicted octanol–water partition coefficient (Wildman–Crippen LogP) is 6.57. The van der Waals surface area contributed by atoms with E-state index in [1.54, 1.807) is 12.1 Å². The number of aryl methyl sites for hydroxylation is 1. The normalized spacial score (nSPS) is 10.3. The van der Waals surface area contributed by atoms with Crippen LogP contribution >= 0.6 is 35.2 Å². The third-order valence-corrected chi connectivity index (χ3v) is 4.10. The standard InChI is InChI=1S/C17H16Cl2N4O2S.CH4/c1-3-23(8-9-26-25-24-20)14-6-4-13(5-7-14)21-22-17-15(18)10-12(2)11-16(17)19;/h4-7,10-11H,3,20H2,1-2H3;1H4. The molecule has 0 bridgehead atoms. The number of nitrogens with zero attached hydrogens (tertiary/aromatic N) is 3. The van der Waals surface area contributed by atoms with Gasteiger partial charge in [0.2, 0.25) is 0 Å². The number of rotatable bonds is 6. The lowest BCUT2D eigenvalue weighted by Crippen LogP contribution is -2.15. The summed E-state index contributed by atoms with van der Waals surface area (Å²) in [5.41, 5.74) is 2.98. The van der Waals surface area contributed by atoms with Crippen LogP contribution in [-0.2, 0) is 9.32 Å². The van der Waals surface area contributed by atoms with Crippen molar-refractivity contribution in [3.63, 3.8) is 0 Å². The van der Waals surface area contributed by atoms with Crippen molar-refractivity contribution in [2.75, 3.05) is 11.4 Å². The minimum Gasteiger partial charge on any atom is -0.301 e. The summed E-state index contributed by atoms with van der Waals surface area (Å²) in [5, 5.41) is 12.0. The van der Waals surface area contributed by atoms with Gasteiger partial charge in [0.15, 0.2) is 0 Å². The quantitative estimate of drug-likeness (QED) is 0.107. The first-order valence-electron chi connectivity index (χ1n) is 7.49. The fourth-order valence-electron chi connectivity index (χ4n) is 2.03. The van der Waals surface area contributed by atoms with Gasteiger partial charge in [-0.2, -0.15) is 11.0 Å². The Morgan fingerprint density at radius 1 is 1.15 bits per heavy atom. The Labute approximate surface area is 173 Å². The second-order valence-corrected chi connectivity index (χ2v) is 6.32. The average Bonchev–Trinajstić information content (AvgIpc) is 2.62. The summed E-state index contributed by atoms with van der Waals surface area (Å²) < 4.78 is 4.43. The third kappa shape index (κ3) is 7.03. The SMILES string of the molecule is C.CCN(C#CSOON)c1ccc(N=Nc2c(Cl)cc(C)cc2Cl)cc1. The minimum absolute atomic E-state index is 0. The zero-order chi connectivity index (χ0) is 18.9. The van der Waals surface area contributed by atoms with Gasteiger partial charge < -0.3 is 4.90 Å². The summed E-state index contributed by atoms with van der Waals surface area (Å²) in [4.78, 5) is 5.80. The molecule has 0 heterocycles. The van der Waals surface area contributed by atoms with Crippen molar-refractivity contribution in [2.24, 2.45) is 16.1 Å². The molecule has 2 aromatic rings. The number of halogens is 2. The first kappa shape index (κ1) is 23.2. The van der Waals surface area contributed by atoms with Crippen LogP contribution in [0, 0.1) is 18.2 Å². The number of hydrogen-bond donors (Lipinski definition) is 1. The molecular weight excluding hydrogens is 407 g/mol. The lowest BCUT2D eigenvalue weighted by atomic mass is 10.2. The van der Waals surface area contributed by atoms with Gasteiger partial charge in [0.1, 0.15) is 17.7 Å². The summed E-state index contributed by atoms with van der Waals surface area (Å²) in [6, 6.07) is 13.9. The fourth-order valence-corrected chi connectivity index (χ4v) is 2.92. The summed E-state index contributed by atoms with van der Waals surface area (Å²) in [5.74, 6) is 4.74. The average molecular weight is 427 g/mol. The molecule has 0 aliphatic rings. The molecule has 0 aliphatic carbocycles. The molecule has 0 saturated carbocycles.